The van der Waals surface area contributed by atoms with Crippen LogP contribution in [0, 0.1) is 23.5 Å². The Morgan fingerprint density at radius 3 is 2.39 bits per heavy atom. The number of fused-ring (bicyclic) bond motifs is 1. The van der Waals surface area contributed by atoms with Gasteiger partial charge in [-0.1, -0.05) is 12.0 Å². The van der Waals surface area contributed by atoms with Gasteiger partial charge >= 0.3 is 6.18 Å². The molecule has 2 aromatic carbocycles. The highest BCUT2D eigenvalue weighted by Crippen LogP contribution is 2.31. The van der Waals surface area contributed by atoms with Gasteiger partial charge in [0.15, 0.2) is 21.5 Å². The van der Waals surface area contributed by atoms with Gasteiger partial charge in [0.2, 0.25) is 0 Å². The average molecular weight is 599 g/mol. The number of anilines is 2. The summed E-state index contributed by atoms with van der Waals surface area (Å²) < 4.78 is 98.6. The zero-order valence-corrected chi connectivity index (χ0v) is 23.4. The van der Waals surface area contributed by atoms with Crippen LogP contribution in [0.25, 0.3) is 10.9 Å². The maximum absolute atomic E-state index is 14.3. The van der Waals surface area contributed by atoms with E-state index in [1.807, 2.05) is 6.07 Å². The molecule has 7 nitrogen and oxygen atoms in total. The lowest BCUT2D eigenvalue weighted by Crippen LogP contribution is -2.40. The highest BCUT2D eigenvalue weighted by Gasteiger charge is 2.30. The summed E-state index contributed by atoms with van der Waals surface area (Å²) in [5, 5.41) is 6.51. The second-order valence-corrected chi connectivity index (χ2v) is 11.9. The molecule has 0 radical (unpaired) electrons. The summed E-state index contributed by atoms with van der Waals surface area (Å²) in [6.45, 7) is 1.71. The summed E-state index contributed by atoms with van der Waals surface area (Å²) >= 11 is 0. The van der Waals surface area contributed by atoms with Crippen molar-refractivity contribution in [1.29, 1.82) is 0 Å². The molecule has 2 heterocycles. The Morgan fingerprint density at radius 2 is 1.78 bits per heavy atom. The van der Waals surface area contributed by atoms with E-state index >= 15 is 0 Å². The molecule has 41 heavy (non-hydrogen) atoms. The quantitative estimate of drug-likeness (QED) is 0.271. The second kappa shape index (κ2) is 12.7. The van der Waals surface area contributed by atoms with Crippen molar-refractivity contribution in [2.45, 2.75) is 36.5 Å². The summed E-state index contributed by atoms with van der Waals surface area (Å²) in [7, 11) is -2.16. The molecule has 3 aromatic rings. The molecule has 1 aliphatic heterocycles. The van der Waals surface area contributed by atoms with Crippen molar-refractivity contribution in [3.63, 3.8) is 0 Å². The fraction of sp³-hybridized carbons (Fsp3) is 0.429. The predicted molar refractivity (Wildman–Crippen MR) is 148 cm³/mol. The Kier molecular flexibility index (Phi) is 9.46. The second-order valence-electron chi connectivity index (χ2n) is 9.91. The highest BCUT2D eigenvalue weighted by atomic mass is 32.2. The number of hydrogen-bond donors (Lipinski definition) is 2. The molecule has 1 saturated heterocycles. The van der Waals surface area contributed by atoms with Crippen LogP contribution in [0.1, 0.15) is 18.5 Å². The molecule has 0 atom stereocenters. The van der Waals surface area contributed by atoms with Crippen LogP contribution >= 0.6 is 0 Å². The number of benzene rings is 2. The van der Waals surface area contributed by atoms with E-state index in [2.05, 4.69) is 27.4 Å². The molecule has 0 spiro atoms. The smallest absolute Gasteiger partial charge is 0.383 e. The number of likely N-dealkylation sites (tertiary alicyclic amines) is 1. The normalized spacial score (nSPS) is 15.1. The largest absolute Gasteiger partial charge is 0.406 e. The summed E-state index contributed by atoms with van der Waals surface area (Å²) in [6.07, 6.45) is -1.93. The van der Waals surface area contributed by atoms with E-state index < -0.39 is 44.8 Å². The van der Waals surface area contributed by atoms with Gasteiger partial charge < -0.3 is 24.8 Å². The molecule has 4 rings (SSSR count). The van der Waals surface area contributed by atoms with Gasteiger partial charge in [-0.3, -0.25) is 0 Å². The van der Waals surface area contributed by atoms with Crippen LogP contribution in [0.2, 0.25) is 0 Å². The van der Waals surface area contributed by atoms with Crippen molar-refractivity contribution in [3.8, 4) is 11.8 Å². The van der Waals surface area contributed by atoms with E-state index in [0.717, 1.165) is 43.3 Å². The topological polar surface area (TPSA) is 75.6 Å². The summed E-state index contributed by atoms with van der Waals surface area (Å²) in [4.78, 5) is 1.79. The first-order chi connectivity index (χ1) is 19.4. The Balaban J connectivity index is 1.55. The highest BCUT2D eigenvalue weighted by molar-refractivity contribution is 7.90. The van der Waals surface area contributed by atoms with Gasteiger partial charge in [0.1, 0.15) is 12.2 Å². The van der Waals surface area contributed by atoms with Crippen molar-refractivity contribution in [2.75, 3.05) is 56.8 Å². The van der Waals surface area contributed by atoms with Gasteiger partial charge in [0.05, 0.1) is 29.3 Å². The van der Waals surface area contributed by atoms with Gasteiger partial charge in [0, 0.05) is 50.1 Å². The maximum atomic E-state index is 14.3. The van der Waals surface area contributed by atoms with Gasteiger partial charge in [0.25, 0.3) is 0 Å². The number of halogens is 5. The van der Waals surface area contributed by atoms with E-state index in [1.54, 1.807) is 25.3 Å². The van der Waals surface area contributed by atoms with Gasteiger partial charge in [-0.2, -0.15) is 13.2 Å². The van der Waals surface area contributed by atoms with E-state index in [1.165, 1.54) is 0 Å². The van der Waals surface area contributed by atoms with Crippen molar-refractivity contribution in [1.82, 2.24) is 9.47 Å². The van der Waals surface area contributed by atoms with Crippen molar-refractivity contribution in [3.05, 3.63) is 53.7 Å². The molecule has 0 unspecified atom stereocenters. The Bertz CT molecular complexity index is 1530. The van der Waals surface area contributed by atoms with Crippen LogP contribution in [-0.4, -0.2) is 76.3 Å². The first-order valence-corrected chi connectivity index (χ1v) is 14.8. The molecule has 0 aliphatic carbocycles. The van der Waals surface area contributed by atoms with E-state index in [-0.39, 0.29) is 18.3 Å². The molecule has 13 heteroatoms. The minimum Gasteiger partial charge on any atom is -0.383 e. The average Bonchev–Trinajstić information content (AvgIpc) is 3.23. The van der Waals surface area contributed by atoms with Crippen molar-refractivity contribution >= 4 is 32.1 Å². The summed E-state index contributed by atoms with van der Waals surface area (Å²) in [6, 6.07) is 8.21. The molecule has 0 saturated carbocycles. The number of hydrogen-bond acceptors (Lipinski definition) is 6. The van der Waals surface area contributed by atoms with E-state index in [9.17, 15) is 30.4 Å². The number of rotatable bonds is 9. The standard InChI is InChI=1S/C28H31F5N4O3S/c1-40-14-13-36-11-8-19(9-12-36)35-25-6-3-7-26-22(25)15-20(37(26)18-28(31,32)33)5-4-10-34-27-23(29)16-21(17-24(27)30)41(2,38)39/h3,6-7,15-17,19,34-35H,8-14,18H2,1-2H3. The minimum absolute atomic E-state index is 0.0936. The monoisotopic (exact) mass is 598 g/mol. The fourth-order valence-electron chi connectivity index (χ4n) is 4.80. The lowest BCUT2D eigenvalue weighted by atomic mass is 10.0. The Hall–Kier alpha value is -3.34. The third-order valence-electron chi connectivity index (χ3n) is 6.86. The lowest BCUT2D eigenvalue weighted by Gasteiger charge is -2.32. The predicted octanol–water partition coefficient (Wildman–Crippen LogP) is 4.87. The fourth-order valence-corrected chi connectivity index (χ4v) is 5.44. The van der Waals surface area contributed by atoms with Crippen LogP contribution in [0.5, 0.6) is 0 Å². The molecule has 0 amide bonds. The van der Waals surface area contributed by atoms with Crippen LogP contribution in [0.3, 0.4) is 0 Å². The number of nitrogens with one attached hydrogen (secondary N) is 2. The Morgan fingerprint density at radius 1 is 1.10 bits per heavy atom. The molecule has 1 fully saturated rings. The molecule has 1 aromatic heterocycles. The van der Waals surface area contributed by atoms with Gasteiger partial charge in [-0.25, -0.2) is 17.2 Å². The van der Waals surface area contributed by atoms with Gasteiger partial charge in [-0.15, -0.1) is 0 Å². The van der Waals surface area contributed by atoms with Crippen LogP contribution in [-0.2, 0) is 21.1 Å². The first kappa shape index (κ1) is 30.6. The first-order valence-electron chi connectivity index (χ1n) is 12.9. The summed E-state index contributed by atoms with van der Waals surface area (Å²) in [5.74, 6) is 3.06. The number of aromatic nitrogens is 1. The van der Waals surface area contributed by atoms with Gasteiger partial charge in [-0.05, 0) is 49.1 Å². The number of nitrogens with zero attached hydrogens (tertiary/aromatic N) is 2. The zero-order chi connectivity index (χ0) is 29.8. The SMILES string of the molecule is COCCN1CCC(Nc2cccc3c2cc(C#CCNc2c(F)cc(S(C)(=O)=O)cc2F)n3CC(F)(F)F)CC1. The molecule has 0 bridgehead atoms. The van der Waals surface area contributed by atoms with Crippen molar-refractivity contribution < 1.29 is 35.1 Å². The number of piperidine rings is 1. The van der Waals surface area contributed by atoms with E-state index in [4.69, 9.17) is 4.74 Å². The molecular weight excluding hydrogens is 567 g/mol. The third-order valence-corrected chi connectivity index (χ3v) is 7.95. The third kappa shape index (κ3) is 7.90. The van der Waals surface area contributed by atoms with Crippen LogP contribution < -0.4 is 10.6 Å². The minimum atomic E-state index is -4.51. The Labute approximate surface area is 235 Å². The molecule has 222 valence electrons. The molecular formula is C28H31F5N4O3S. The maximum Gasteiger partial charge on any atom is 0.406 e. The molecule has 1 aliphatic rings. The van der Waals surface area contributed by atoms with Crippen molar-refractivity contribution in [2.24, 2.45) is 0 Å². The zero-order valence-electron chi connectivity index (χ0n) is 22.6. The van der Waals surface area contributed by atoms with Crippen LogP contribution in [0.15, 0.2) is 41.3 Å². The van der Waals surface area contributed by atoms with E-state index in [0.29, 0.717) is 35.3 Å². The summed E-state index contributed by atoms with van der Waals surface area (Å²) in [5.41, 5.74) is 0.573. The molecule has 2 N–H and O–H groups in total. The number of sulfone groups is 1. The number of ether oxygens (including phenoxy) is 1. The number of alkyl halides is 3. The lowest BCUT2D eigenvalue weighted by molar-refractivity contribution is -0.140. The van der Waals surface area contributed by atoms with Crippen LogP contribution in [0.4, 0.5) is 33.3 Å². The number of methoxy groups -OCH3 is 1.